The average Bonchev–Trinajstić information content (AvgIpc) is 3.23. The minimum absolute atomic E-state index is 0.0860. The van der Waals surface area contributed by atoms with Crippen LogP contribution in [0.3, 0.4) is 0 Å². The predicted molar refractivity (Wildman–Crippen MR) is 155 cm³/mol. The molecule has 0 aromatic heterocycles. The molecule has 1 aliphatic rings. The first-order valence-corrected chi connectivity index (χ1v) is 13.6. The fourth-order valence-corrected chi connectivity index (χ4v) is 4.90. The van der Waals surface area contributed by atoms with Gasteiger partial charge in [0.15, 0.2) is 16.7 Å². The number of hydrogen-bond acceptors (Lipinski definition) is 5. The van der Waals surface area contributed by atoms with Gasteiger partial charge in [-0.1, -0.05) is 51.1 Å². The molecule has 0 saturated carbocycles. The van der Waals surface area contributed by atoms with E-state index < -0.39 is 0 Å². The number of benzene rings is 3. The van der Waals surface area contributed by atoms with Crippen molar-refractivity contribution >= 4 is 40.3 Å². The zero-order valence-corrected chi connectivity index (χ0v) is 23.0. The minimum Gasteiger partial charge on any atom is -0.493 e. The molecule has 1 heterocycles. The number of methoxy groups -OCH3 is 1. The number of nitrogens with zero attached hydrogens (tertiary/aromatic N) is 2. The standard InChI is InChI=1S/C31H34N2O3S/c1-6-21(4)36-27-18-13-24(19-28(27)35-5)20-29-30(34)33(26-16-11-23(8-3)12-17-26)31(37-29)32-25-14-9-22(7-2)10-15-25/h9-21H,6-8H2,1-5H3/b29-20-,32-31?/t21-/m0/s1. The molecule has 1 saturated heterocycles. The number of carbonyl (C=O) groups is 1. The van der Waals surface area contributed by atoms with Crippen molar-refractivity contribution in [2.24, 2.45) is 4.99 Å². The van der Waals surface area contributed by atoms with E-state index >= 15 is 0 Å². The molecule has 0 N–H and O–H groups in total. The third-order valence-corrected chi connectivity index (χ3v) is 7.34. The van der Waals surface area contributed by atoms with Crippen LogP contribution in [-0.2, 0) is 17.6 Å². The third-order valence-electron chi connectivity index (χ3n) is 6.37. The normalized spacial score (nSPS) is 16.5. The summed E-state index contributed by atoms with van der Waals surface area (Å²) in [6.07, 6.45) is 4.79. The number of anilines is 1. The molecule has 192 valence electrons. The van der Waals surface area contributed by atoms with Gasteiger partial charge in [0.25, 0.3) is 5.91 Å². The summed E-state index contributed by atoms with van der Waals surface area (Å²) in [6, 6.07) is 22.0. The van der Waals surface area contributed by atoms with Gasteiger partial charge >= 0.3 is 0 Å². The fourth-order valence-electron chi connectivity index (χ4n) is 3.90. The van der Waals surface area contributed by atoms with Gasteiger partial charge in [0.05, 0.1) is 29.5 Å². The number of carbonyl (C=O) groups excluding carboxylic acids is 1. The second kappa shape index (κ2) is 12.2. The molecule has 0 unspecified atom stereocenters. The Bertz CT molecular complexity index is 1300. The van der Waals surface area contributed by atoms with Crippen LogP contribution in [0.15, 0.2) is 76.6 Å². The highest BCUT2D eigenvalue weighted by Gasteiger charge is 2.34. The van der Waals surface area contributed by atoms with Crippen molar-refractivity contribution in [3.63, 3.8) is 0 Å². The maximum absolute atomic E-state index is 13.7. The van der Waals surface area contributed by atoms with E-state index in [2.05, 4.69) is 45.0 Å². The Morgan fingerprint density at radius 2 is 1.57 bits per heavy atom. The van der Waals surface area contributed by atoms with Crippen LogP contribution < -0.4 is 14.4 Å². The largest absolute Gasteiger partial charge is 0.493 e. The van der Waals surface area contributed by atoms with Crippen molar-refractivity contribution < 1.29 is 14.3 Å². The van der Waals surface area contributed by atoms with Crippen molar-refractivity contribution in [2.45, 2.75) is 53.1 Å². The van der Waals surface area contributed by atoms with Gasteiger partial charge in [-0.25, -0.2) is 4.99 Å². The SMILES string of the molecule is CCc1ccc(N=C2S/C(=C\c3ccc(O[C@@H](C)CC)c(OC)c3)C(=O)N2c2ccc(CC)cc2)cc1. The Kier molecular flexibility index (Phi) is 8.72. The summed E-state index contributed by atoms with van der Waals surface area (Å²) in [5.74, 6) is 1.24. The lowest BCUT2D eigenvalue weighted by atomic mass is 10.1. The molecule has 0 bridgehead atoms. The first kappa shape index (κ1) is 26.6. The van der Waals surface area contributed by atoms with Gasteiger partial charge in [-0.15, -0.1) is 0 Å². The molecule has 4 rings (SSSR count). The summed E-state index contributed by atoms with van der Waals surface area (Å²) in [7, 11) is 1.63. The summed E-state index contributed by atoms with van der Waals surface area (Å²) in [5.41, 5.74) is 4.95. The number of aliphatic imine (C=N–C) groups is 1. The molecule has 1 fully saturated rings. The van der Waals surface area contributed by atoms with E-state index in [-0.39, 0.29) is 12.0 Å². The average molecular weight is 515 g/mol. The van der Waals surface area contributed by atoms with E-state index in [9.17, 15) is 4.79 Å². The Hall–Kier alpha value is -3.51. The Morgan fingerprint density at radius 1 is 0.919 bits per heavy atom. The molecule has 0 spiro atoms. The van der Waals surface area contributed by atoms with Crippen LogP contribution in [0.2, 0.25) is 0 Å². The van der Waals surface area contributed by atoms with E-state index in [1.165, 1.54) is 22.9 Å². The van der Waals surface area contributed by atoms with E-state index in [1.54, 1.807) is 12.0 Å². The lowest BCUT2D eigenvalue weighted by molar-refractivity contribution is -0.113. The van der Waals surface area contributed by atoms with Crippen LogP contribution in [0.25, 0.3) is 6.08 Å². The highest BCUT2D eigenvalue weighted by molar-refractivity contribution is 8.19. The van der Waals surface area contributed by atoms with Crippen molar-refractivity contribution in [3.8, 4) is 11.5 Å². The van der Waals surface area contributed by atoms with Crippen LogP contribution in [0.4, 0.5) is 11.4 Å². The van der Waals surface area contributed by atoms with Crippen LogP contribution in [0.1, 0.15) is 50.8 Å². The molecule has 1 aliphatic heterocycles. The Labute approximate surface area is 224 Å². The van der Waals surface area contributed by atoms with Crippen molar-refractivity contribution in [2.75, 3.05) is 12.0 Å². The smallest absolute Gasteiger partial charge is 0.271 e. The van der Waals surface area contributed by atoms with E-state index in [1.807, 2.05) is 55.5 Å². The molecular formula is C31H34N2O3S. The van der Waals surface area contributed by atoms with Crippen LogP contribution >= 0.6 is 11.8 Å². The van der Waals surface area contributed by atoms with Gasteiger partial charge in [-0.2, -0.15) is 0 Å². The molecule has 0 aliphatic carbocycles. The van der Waals surface area contributed by atoms with Gasteiger partial charge < -0.3 is 9.47 Å². The lowest BCUT2D eigenvalue weighted by Gasteiger charge is -2.16. The monoisotopic (exact) mass is 514 g/mol. The Balaban J connectivity index is 1.70. The van der Waals surface area contributed by atoms with E-state index in [0.29, 0.717) is 21.6 Å². The molecule has 37 heavy (non-hydrogen) atoms. The number of rotatable bonds is 9. The Morgan fingerprint density at radius 3 is 2.16 bits per heavy atom. The van der Waals surface area contributed by atoms with Crippen LogP contribution in [0, 0.1) is 0 Å². The first-order chi connectivity index (χ1) is 17.9. The van der Waals surface area contributed by atoms with Crippen molar-refractivity contribution in [3.05, 3.63) is 88.3 Å². The zero-order valence-electron chi connectivity index (χ0n) is 22.2. The van der Waals surface area contributed by atoms with Crippen molar-refractivity contribution in [1.29, 1.82) is 0 Å². The minimum atomic E-state index is -0.0999. The number of aryl methyl sites for hydroxylation is 2. The number of amides is 1. The summed E-state index contributed by atoms with van der Waals surface area (Å²) in [5, 5.41) is 0.633. The highest BCUT2D eigenvalue weighted by Crippen LogP contribution is 2.38. The molecular weight excluding hydrogens is 480 g/mol. The number of amidine groups is 1. The molecule has 6 heteroatoms. The second-order valence-corrected chi connectivity index (χ2v) is 9.94. The number of thioether (sulfide) groups is 1. The van der Waals surface area contributed by atoms with Crippen molar-refractivity contribution in [1.82, 2.24) is 0 Å². The van der Waals surface area contributed by atoms with Gasteiger partial charge in [0.2, 0.25) is 0 Å². The molecule has 0 radical (unpaired) electrons. The lowest BCUT2D eigenvalue weighted by Crippen LogP contribution is -2.28. The summed E-state index contributed by atoms with van der Waals surface area (Å²) >= 11 is 1.38. The molecule has 3 aromatic rings. The first-order valence-electron chi connectivity index (χ1n) is 12.8. The van der Waals surface area contributed by atoms with Crippen LogP contribution in [-0.4, -0.2) is 24.3 Å². The summed E-state index contributed by atoms with van der Waals surface area (Å²) in [4.78, 5) is 20.8. The van der Waals surface area contributed by atoms with Gasteiger partial charge in [-0.05, 0) is 97.1 Å². The topological polar surface area (TPSA) is 51.1 Å². The van der Waals surface area contributed by atoms with Gasteiger partial charge in [-0.3, -0.25) is 9.69 Å². The second-order valence-electron chi connectivity index (χ2n) is 8.93. The highest BCUT2D eigenvalue weighted by atomic mass is 32.2. The summed E-state index contributed by atoms with van der Waals surface area (Å²) < 4.78 is 11.6. The summed E-state index contributed by atoms with van der Waals surface area (Å²) in [6.45, 7) is 8.36. The quantitative estimate of drug-likeness (QED) is 0.273. The molecule has 1 amide bonds. The van der Waals surface area contributed by atoms with Gasteiger partial charge in [0, 0.05) is 0 Å². The fraction of sp³-hybridized carbons (Fsp3) is 0.290. The van der Waals surface area contributed by atoms with Crippen LogP contribution in [0.5, 0.6) is 11.5 Å². The molecule has 3 aromatic carbocycles. The maximum atomic E-state index is 13.7. The van der Waals surface area contributed by atoms with E-state index in [0.717, 1.165) is 36.2 Å². The molecule has 5 nitrogen and oxygen atoms in total. The molecule has 1 atom stereocenters. The van der Waals surface area contributed by atoms with E-state index in [4.69, 9.17) is 14.5 Å². The zero-order chi connectivity index (χ0) is 26.4. The predicted octanol–water partition coefficient (Wildman–Crippen LogP) is 7.81. The number of ether oxygens (including phenoxy) is 2. The number of hydrogen-bond donors (Lipinski definition) is 0. The maximum Gasteiger partial charge on any atom is 0.271 e. The third kappa shape index (κ3) is 6.25. The van der Waals surface area contributed by atoms with Gasteiger partial charge in [0.1, 0.15) is 0 Å².